The Morgan fingerprint density at radius 2 is 1.69 bits per heavy atom. The van der Waals surface area contributed by atoms with Crippen LogP contribution in [0.5, 0.6) is 0 Å². The predicted octanol–water partition coefficient (Wildman–Crippen LogP) is 8.24. The highest BCUT2D eigenvalue weighted by atomic mass is 14.7. The fourth-order valence-electron chi connectivity index (χ4n) is 3.66. The topological polar surface area (TPSA) is 12.9 Å². The van der Waals surface area contributed by atoms with Crippen LogP contribution in [-0.4, -0.2) is 4.98 Å². The molecule has 32 heavy (non-hydrogen) atoms. The van der Waals surface area contributed by atoms with Crippen molar-refractivity contribution in [1.82, 2.24) is 4.98 Å². The van der Waals surface area contributed by atoms with Crippen LogP contribution in [0.15, 0.2) is 54.7 Å². The average molecular weight is 432 g/mol. The van der Waals surface area contributed by atoms with Gasteiger partial charge in [0, 0.05) is 16.3 Å². The fraction of sp³-hybridized carbons (Fsp3) is 0.387. The Balaban J connectivity index is 0.00000148. The van der Waals surface area contributed by atoms with Crippen molar-refractivity contribution < 1.29 is 0 Å². The summed E-state index contributed by atoms with van der Waals surface area (Å²) >= 11 is 0. The van der Waals surface area contributed by atoms with Crippen molar-refractivity contribution in [2.45, 2.75) is 82.1 Å². The second kappa shape index (κ2) is 16.0. The molecule has 0 aliphatic heterocycles. The maximum atomic E-state index is 4.98. The van der Waals surface area contributed by atoms with Gasteiger partial charge in [-0.3, -0.25) is 4.98 Å². The molecule has 1 heteroatoms. The molecule has 2 aromatic rings. The minimum atomic E-state index is 0.931. The number of aryl methyl sites for hydroxylation is 2. The molecule has 1 aromatic carbocycles. The molecule has 1 nitrogen and oxygen atoms in total. The van der Waals surface area contributed by atoms with E-state index in [9.17, 15) is 0 Å². The third-order valence-electron chi connectivity index (χ3n) is 4.95. The van der Waals surface area contributed by atoms with E-state index in [-0.39, 0.29) is 0 Å². The molecule has 0 radical (unpaired) electrons. The van der Waals surface area contributed by atoms with Gasteiger partial charge in [0.2, 0.25) is 0 Å². The third kappa shape index (κ3) is 6.92. The molecule has 0 saturated heterocycles. The number of fused-ring (bicyclic) bond motifs is 3. The molecular formula is C31H45N. The number of allylic oxidation sites excluding steroid dienone is 7. The Labute approximate surface area is 197 Å². The molecule has 1 heterocycles. The quantitative estimate of drug-likeness (QED) is 0.444. The van der Waals surface area contributed by atoms with E-state index in [1.807, 2.05) is 54.5 Å². The lowest BCUT2D eigenvalue weighted by atomic mass is 9.92. The van der Waals surface area contributed by atoms with E-state index >= 15 is 0 Å². The average Bonchev–Trinajstić information content (AvgIpc) is 3.10. The predicted molar refractivity (Wildman–Crippen MR) is 149 cm³/mol. The highest BCUT2D eigenvalue weighted by Crippen LogP contribution is 2.24. The molecule has 0 saturated carbocycles. The van der Waals surface area contributed by atoms with Gasteiger partial charge < -0.3 is 0 Å². The van der Waals surface area contributed by atoms with Gasteiger partial charge in [-0.1, -0.05) is 97.6 Å². The standard InChI is InChI=1S/C25H27N.3C2H6/c1-6-12-17(4)20(8-3)24-16-23-18(5)15-19(7-2)26-25(23)22-14-11-9-10-13-21(22)24;3*1-2/h6,8-10,12-16H,4,7,11H2,1-3,5H3;3*1-2H3/b12-6-,20-8+;;;. The van der Waals surface area contributed by atoms with E-state index in [1.54, 1.807) is 0 Å². The summed E-state index contributed by atoms with van der Waals surface area (Å²) in [6, 6.07) is 4.51. The van der Waals surface area contributed by atoms with Crippen molar-refractivity contribution in [3.05, 3.63) is 81.9 Å². The van der Waals surface area contributed by atoms with Gasteiger partial charge in [0.25, 0.3) is 0 Å². The van der Waals surface area contributed by atoms with Crippen LogP contribution >= 0.6 is 0 Å². The Morgan fingerprint density at radius 3 is 2.25 bits per heavy atom. The molecular weight excluding hydrogens is 386 g/mol. The molecule has 174 valence electrons. The van der Waals surface area contributed by atoms with Crippen molar-refractivity contribution >= 4 is 28.6 Å². The zero-order chi connectivity index (χ0) is 24.7. The molecule has 0 N–H and O–H groups in total. The molecule has 1 aliphatic rings. The van der Waals surface area contributed by atoms with E-state index in [1.165, 1.54) is 32.5 Å². The molecule has 0 bridgehead atoms. The zero-order valence-electron chi connectivity index (χ0n) is 22.3. The van der Waals surface area contributed by atoms with Crippen molar-refractivity contribution in [2.24, 2.45) is 0 Å². The monoisotopic (exact) mass is 431 g/mol. The minimum absolute atomic E-state index is 0.931. The molecule has 0 atom stereocenters. The van der Waals surface area contributed by atoms with Gasteiger partial charge in [-0.25, -0.2) is 0 Å². The van der Waals surface area contributed by atoms with Crippen LogP contribution in [0.25, 0.3) is 28.6 Å². The van der Waals surface area contributed by atoms with E-state index < -0.39 is 0 Å². The minimum Gasteiger partial charge on any atom is -0.252 e. The first kappa shape index (κ1) is 29.3. The number of benzene rings is 1. The SMILES string of the molecule is C=C(/C=C\C)/C(=C\C)c1cc2c(C)cc(CC)nc2c2c1=CC=CCC=2.CC.CC.CC. The maximum absolute atomic E-state index is 4.98. The van der Waals surface area contributed by atoms with Crippen LogP contribution in [0.4, 0.5) is 0 Å². The lowest BCUT2D eigenvalue weighted by molar-refractivity contribution is 1.05. The van der Waals surface area contributed by atoms with Crippen LogP contribution < -0.4 is 10.4 Å². The Bertz CT molecular complexity index is 1080. The van der Waals surface area contributed by atoms with Crippen molar-refractivity contribution in [3.8, 4) is 0 Å². The summed E-state index contributed by atoms with van der Waals surface area (Å²) in [5.41, 5.74) is 7.01. The molecule has 1 aliphatic carbocycles. The lowest BCUT2D eigenvalue weighted by Gasteiger charge is -2.14. The van der Waals surface area contributed by atoms with E-state index in [2.05, 4.69) is 75.9 Å². The number of rotatable bonds is 4. The van der Waals surface area contributed by atoms with Gasteiger partial charge in [-0.2, -0.15) is 0 Å². The second-order valence-electron chi connectivity index (χ2n) is 6.69. The van der Waals surface area contributed by atoms with Gasteiger partial charge in [-0.15, -0.1) is 0 Å². The lowest BCUT2D eigenvalue weighted by Crippen LogP contribution is -2.30. The summed E-state index contributed by atoms with van der Waals surface area (Å²) in [6.07, 6.45) is 17.0. The second-order valence-corrected chi connectivity index (χ2v) is 6.69. The summed E-state index contributed by atoms with van der Waals surface area (Å²) < 4.78 is 0. The summed E-state index contributed by atoms with van der Waals surface area (Å²) in [5.74, 6) is 0. The van der Waals surface area contributed by atoms with Crippen LogP contribution in [0.3, 0.4) is 0 Å². The fourth-order valence-corrected chi connectivity index (χ4v) is 3.66. The smallest absolute Gasteiger partial charge is 0.0783 e. The number of nitrogens with zero attached hydrogens (tertiary/aromatic N) is 1. The van der Waals surface area contributed by atoms with Crippen molar-refractivity contribution in [2.75, 3.05) is 0 Å². The van der Waals surface area contributed by atoms with Crippen LogP contribution in [0.1, 0.15) is 85.6 Å². The first-order valence-electron chi connectivity index (χ1n) is 12.4. The van der Waals surface area contributed by atoms with Gasteiger partial charge in [0.1, 0.15) is 0 Å². The molecule has 3 rings (SSSR count). The molecule has 0 spiro atoms. The van der Waals surface area contributed by atoms with Crippen LogP contribution in [-0.2, 0) is 6.42 Å². The first-order chi connectivity index (χ1) is 15.6. The van der Waals surface area contributed by atoms with Gasteiger partial charge in [0.05, 0.1) is 5.52 Å². The number of hydrogen-bond acceptors (Lipinski definition) is 1. The molecule has 0 unspecified atom stereocenters. The Morgan fingerprint density at radius 1 is 1.03 bits per heavy atom. The van der Waals surface area contributed by atoms with Crippen LogP contribution in [0.2, 0.25) is 0 Å². The van der Waals surface area contributed by atoms with Crippen molar-refractivity contribution in [1.29, 1.82) is 0 Å². The number of pyridine rings is 1. The van der Waals surface area contributed by atoms with E-state index in [4.69, 9.17) is 4.98 Å². The highest BCUT2D eigenvalue weighted by Gasteiger charge is 2.12. The van der Waals surface area contributed by atoms with Gasteiger partial charge in [0.15, 0.2) is 0 Å². The van der Waals surface area contributed by atoms with Gasteiger partial charge in [-0.05, 0) is 73.2 Å². The van der Waals surface area contributed by atoms with E-state index in [0.717, 1.165) is 29.6 Å². The number of aromatic nitrogens is 1. The maximum Gasteiger partial charge on any atom is 0.0783 e. The number of hydrogen-bond donors (Lipinski definition) is 0. The summed E-state index contributed by atoms with van der Waals surface area (Å²) in [7, 11) is 0. The largest absolute Gasteiger partial charge is 0.252 e. The normalized spacial score (nSPS) is 12.0. The van der Waals surface area contributed by atoms with Gasteiger partial charge >= 0.3 is 0 Å². The Kier molecular flexibility index (Phi) is 14.7. The summed E-state index contributed by atoms with van der Waals surface area (Å²) in [4.78, 5) is 4.98. The highest BCUT2D eigenvalue weighted by molar-refractivity contribution is 5.91. The third-order valence-corrected chi connectivity index (χ3v) is 4.95. The Hall–Kier alpha value is -2.67. The molecule has 0 amide bonds. The van der Waals surface area contributed by atoms with E-state index in [0.29, 0.717) is 0 Å². The summed E-state index contributed by atoms with van der Waals surface area (Å²) in [5, 5.41) is 3.72. The first-order valence-corrected chi connectivity index (χ1v) is 12.4. The summed E-state index contributed by atoms with van der Waals surface area (Å²) in [6.45, 7) is 24.7. The van der Waals surface area contributed by atoms with Crippen LogP contribution in [0, 0.1) is 6.92 Å². The zero-order valence-corrected chi connectivity index (χ0v) is 22.3. The molecule has 0 fully saturated rings. The van der Waals surface area contributed by atoms with Crippen molar-refractivity contribution in [3.63, 3.8) is 0 Å². The molecule has 1 aromatic heterocycles.